The van der Waals surface area contributed by atoms with Crippen LogP contribution in [0.3, 0.4) is 0 Å². The molecule has 0 aliphatic heterocycles. The van der Waals surface area contributed by atoms with Crippen LogP contribution >= 0.6 is 0 Å². The number of hydrogen-bond acceptors (Lipinski definition) is 6. The molecular formula is C69H120O6. The molecule has 75 heavy (non-hydrogen) atoms. The van der Waals surface area contributed by atoms with Gasteiger partial charge in [-0.25, -0.2) is 0 Å². The van der Waals surface area contributed by atoms with Crippen LogP contribution in [0.2, 0.25) is 0 Å². The number of carbonyl (C=O) groups is 3. The summed E-state index contributed by atoms with van der Waals surface area (Å²) in [5, 5.41) is 0. The molecule has 0 aromatic heterocycles. The minimum Gasteiger partial charge on any atom is -0.462 e. The molecule has 0 aliphatic carbocycles. The molecule has 0 aromatic carbocycles. The van der Waals surface area contributed by atoms with Gasteiger partial charge in [0.05, 0.1) is 0 Å². The molecular weight excluding hydrogens is 925 g/mol. The van der Waals surface area contributed by atoms with Gasteiger partial charge < -0.3 is 14.2 Å². The van der Waals surface area contributed by atoms with Crippen LogP contribution in [-0.2, 0) is 28.6 Å². The fourth-order valence-corrected chi connectivity index (χ4v) is 9.09. The van der Waals surface area contributed by atoms with Gasteiger partial charge in [0.15, 0.2) is 6.10 Å². The van der Waals surface area contributed by atoms with Crippen molar-refractivity contribution in [1.29, 1.82) is 0 Å². The average molecular weight is 1050 g/mol. The van der Waals surface area contributed by atoms with Gasteiger partial charge >= 0.3 is 17.9 Å². The summed E-state index contributed by atoms with van der Waals surface area (Å²) in [6.07, 6.45) is 83.3. The van der Waals surface area contributed by atoms with Crippen LogP contribution in [0, 0.1) is 0 Å². The Morgan fingerprint density at radius 1 is 0.280 bits per heavy atom. The van der Waals surface area contributed by atoms with Crippen molar-refractivity contribution in [3.63, 3.8) is 0 Å². The first-order chi connectivity index (χ1) is 37.0. The lowest BCUT2D eigenvalue weighted by molar-refractivity contribution is -0.167. The van der Waals surface area contributed by atoms with Crippen molar-refractivity contribution in [2.45, 2.75) is 322 Å². The SMILES string of the molecule is CC/C=C\C/C=C\C/C=C\C/C=C\CCCCCCCCCCC(=O)OC(COC(=O)CCCCCCCCC)COC(=O)CCCCCCCCCCCCCCCC/C=C\C/C=C\C/C=C\CCCCCCC. The van der Waals surface area contributed by atoms with Crippen molar-refractivity contribution in [3.8, 4) is 0 Å². The smallest absolute Gasteiger partial charge is 0.306 e. The normalized spacial score (nSPS) is 12.6. The molecule has 6 nitrogen and oxygen atoms in total. The van der Waals surface area contributed by atoms with Crippen LogP contribution in [0.1, 0.15) is 316 Å². The number of hydrogen-bond donors (Lipinski definition) is 0. The highest BCUT2D eigenvalue weighted by molar-refractivity contribution is 5.71. The summed E-state index contributed by atoms with van der Waals surface area (Å²) in [5.41, 5.74) is 0. The zero-order valence-electron chi connectivity index (χ0n) is 49.6. The van der Waals surface area contributed by atoms with E-state index in [2.05, 4.69) is 106 Å². The highest BCUT2D eigenvalue weighted by Crippen LogP contribution is 2.16. The monoisotopic (exact) mass is 1040 g/mol. The quantitative estimate of drug-likeness (QED) is 0.0261. The molecule has 0 rings (SSSR count). The second kappa shape index (κ2) is 63.1. The Morgan fingerprint density at radius 3 is 0.813 bits per heavy atom. The average Bonchev–Trinajstić information content (AvgIpc) is 3.41. The van der Waals surface area contributed by atoms with E-state index < -0.39 is 6.10 Å². The lowest BCUT2D eigenvalue weighted by Crippen LogP contribution is -2.30. The summed E-state index contributed by atoms with van der Waals surface area (Å²) in [4.78, 5) is 38.1. The Hall–Kier alpha value is -3.41. The van der Waals surface area contributed by atoms with Gasteiger partial charge in [0.1, 0.15) is 13.2 Å². The van der Waals surface area contributed by atoms with Crippen molar-refractivity contribution < 1.29 is 28.6 Å². The van der Waals surface area contributed by atoms with Crippen LogP contribution in [0.25, 0.3) is 0 Å². The first-order valence-corrected chi connectivity index (χ1v) is 32.1. The van der Waals surface area contributed by atoms with Crippen molar-refractivity contribution in [3.05, 3.63) is 85.1 Å². The second-order valence-corrected chi connectivity index (χ2v) is 21.3. The number of rotatable bonds is 58. The molecule has 0 bridgehead atoms. The van der Waals surface area contributed by atoms with Crippen molar-refractivity contribution in [2.75, 3.05) is 13.2 Å². The molecule has 6 heteroatoms. The van der Waals surface area contributed by atoms with E-state index in [-0.39, 0.29) is 31.1 Å². The molecule has 0 spiro atoms. The van der Waals surface area contributed by atoms with Gasteiger partial charge in [0.2, 0.25) is 0 Å². The minimum atomic E-state index is -0.779. The maximum absolute atomic E-state index is 12.9. The maximum Gasteiger partial charge on any atom is 0.306 e. The highest BCUT2D eigenvalue weighted by Gasteiger charge is 2.19. The van der Waals surface area contributed by atoms with Gasteiger partial charge in [0, 0.05) is 19.3 Å². The van der Waals surface area contributed by atoms with Crippen LogP contribution in [-0.4, -0.2) is 37.2 Å². The number of ether oxygens (including phenoxy) is 3. The lowest BCUT2D eigenvalue weighted by Gasteiger charge is -2.18. The molecule has 0 saturated carbocycles. The summed E-state index contributed by atoms with van der Waals surface area (Å²) < 4.78 is 16.8. The van der Waals surface area contributed by atoms with E-state index in [1.807, 2.05) is 0 Å². The predicted octanol–water partition coefficient (Wildman–Crippen LogP) is 21.9. The number of esters is 3. The summed E-state index contributed by atoms with van der Waals surface area (Å²) in [5.74, 6) is -0.883. The van der Waals surface area contributed by atoms with Gasteiger partial charge in [-0.1, -0.05) is 286 Å². The number of allylic oxidation sites excluding steroid dienone is 14. The Kier molecular flexibility index (Phi) is 60.3. The summed E-state index contributed by atoms with van der Waals surface area (Å²) in [6, 6.07) is 0. The van der Waals surface area contributed by atoms with Gasteiger partial charge in [-0.3, -0.25) is 14.4 Å². The van der Waals surface area contributed by atoms with E-state index in [4.69, 9.17) is 14.2 Å². The topological polar surface area (TPSA) is 78.9 Å². The van der Waals surface area contributed by atoms with Crippen LogP contribution in [0.15, 0.2) is 85.1 Å². The van der Waals surface area contributed by atoms with Gasteiger partial charge in [0.25, 0.3) is 0 Å². The number of carbonyl (C=O) groups excluding carboxylic acids is 3. The van der Waals surface area contributed by atoms with Gasteiger partial charge in [-0.05, 0) is 96.3 Å². The first-order valence-electron chi connectivity index (χ1n) is 32.1. The van der Waals surface area contributed by atoms with Crippen LogP contribution in [0.5, 0.6) is 0 Å². The van der Waals surface area contributed by atoms with E-state index in [0.717, 1.165) is 103 Å². The molecule has 0 aromatic rings. The fourth-order valence-electron chi connectivity index (χ4n) is 9.09. The van der Waals surface area contributed by atoms with Crippen LogP contribution < -0.4 is 0 Å². The molecule has 0 aliphatic rings. The van der Waals surface area contributed by atoms with Crippen molar-refractivity contribution >= 4 is 17.9 Å². The summed E-state index contributed by atoms with van der Waals surface area (Å²) in [6.45, 7) is 6.49. The minimum absolute atomic E-state index is 0.0779. The molecule has 1 atom stereocenters. The van der Waals surface area contributed by atoms with E-state index in [0.29, 0.717) is 19.3 Å². The Labute approximate surface area is 465 Å². The summed E-state index contributed by atoms with van der Waals surface area (Å²) >= 11 is 0. The van der Waals surface area contributed by atoms with Gasteiger partial charge in [-0.15, -0.1) is 0 Å². The van der Waals surface area contributed by atoms with Gasteiger partial charge in [-0.2, -0.15) is 0 Å². The molecule has 0 radical (unpaired) electrons. The first kappa shape index (κ1) is 71.6. The van der Waals surface area contributed by atoms with E-state index in [9.17, 15) is 14.4 Å². The fraction of sp³-hybridized carbons (Fsp3) is 0.754. The predicted molar refractivity (Wildman–Crippen MR) is 325 cm³/mol. The zero-order chi connectivity index (χ0) is 54.3. The number of unbranched alkanes of at least 4 members (excludes halogenated alkanes) is 33. The highest BCUT2D eigenvalue weighted by atomic mass is 16.6. The molecule has 0 fully saturated rings. The Balaban J connectivity index is 4.11. The largest absolute Gasteiger partial charge is 0.462 e. The van der Waals surface area contributed by atoms with E-state index >= 15 is 0 Å². The zero-order valence-corrected chi connectivity index (χ0v) is 49.6. The van der Waals surface area contributed by atoms with E-state index in [1.165, 1.54) is 173 Å². The third-order valence-electron chi connectivity index (χ3n) is 13.9. The standard InChI is InChI=1S/C69H120O6/c1-4-7-10-13-16-18-20-22-24-26-28-30-31-32-33-34-35-36-37-39-40-42-44-46-48-50-53-56-59-62-68(71)74-65-66(64-73-67(70)61-58-55-52-15-12-9-6-3)75-69(72)63-60-57-54-51-49-47-45-43-41-38-29-27-25-23-21-19-17-14-11-8-5-2/h8,11,17,19-20,22-23,25-26,28-29,31-32,38,66H,4-7,9-10,12-16,18,21,24,27,30,33-37,39-65H2,1-3H3/b11-8-,19-17-,22-20-,25-23-,28-26-,32-31-,38-29-. The van der Waals surface area contributed by atoms with Crippen LogP contribution in [0.4, 0.5) is 0 Å². The van der Waals surface area contributed by atoms with E-state index in [1.54, 1.807) is 0 Å². The van der Waals surface area contributed by atoms with Crippen molar-refractivity contribution in [2.24, 2.45) is 0 Å². The summed E-state index contributed by atoms with van der Waals surface area (Å²) in [7, 11) is 0. The Morgan fingerprint density at radius 2 is 0.520 bits per heavy atom. The molecule has 0 N–H and O–H groups in total. The molecule has 0 saturated heterocycles. The molecule has 1 unspecified atom stereocenters. The molecule has 432 valence electrons. The third kappa shape index (κ3) is 61.3. The Bertz CT molecular complexity index is 1430. The third-order valence-corrected chi connectivity index (χ3v) is 13.9. The maximum atomic E-state index is 12.9. The van der Waals surface area contributed by atoms with Crippen molar-refractivity contribution in [1.82, 2.24) is 0 Å². The molecule has 0 amide bonds. The molecule has 0 heterocycles. The second-order valence-electron chi connectivity index (χ2n) is 21.3. The lowest BCUT2D eigenvalue weighted by atomic mass is 10.0.